The summed E-state index contributed by atoms with van der Waals surface area (Å²) >= 11 is 0. The molecule has 26 heavy (non-hydrogen) atoms. The van der Waals surface area contributed by atoms with Crippen molar-refractivity contribution in [2.24, 2.45) is 0 Å². The summed E-state index contributed by atoms with van der Waals surface area (Å²) in [5, 5.41) is 10.2. The van der Waals surface area contributed by atoms with E-state index in [1.165, 1.54) is 0 Å². The van der Waals surface area contributed by atoms with Crippen LogP contribution < -0.4 is 4.74 Å². The zero-order valence-corrected chi connectivity index (χ0v) is 15.0. The van der Waals surface area contributed by atoms with Crippen molar-refractivity contribution in [1.82, 2.24) is 0 Å². The second-order valence-electron chi connectivity index (χ2n) is 6.61. The molecule has 4 heteroatoms. The molecule has 3 rings (SSSR count). The Morgan fingerprint density at radius 1 is 1.12 bits per heavy atom. The second-order valence-corrected chi connectivity index (χ2v) is 6.61. The Labute approximate surface area is 153 Å². The van der Waals surface area contributed by atoms with Gasteiger partial charge in [0.15, 0.2) is 11.6 Å². The van der Waals surface area contributed by atoms with Gasteiger partial charge in [-0.2, -0.15) is 0 Å². The van der Waals surface area contributed by atoms with E-state index >= 15 is 0 Å². The average molecular weight is 350 g/mol. The van der Waals surface area contributed by atoms with E-state index in [0.717, 1.165) is 16.9 Å². The number of rotatable bonds is 5. The van der Waals surface area contributed by atoms with Crippen molar-refractivity contribution in [2.45, 2.75) is 39.0 Å². The number of aryl methyl sites for hydroxylation is 1. The summed E-state index contributed by atoms with van der Waals surface area (Å²) in [6.07, 6.45) is 0.732. The van der Waals surface area contributed by atoms with E-state index in [1.807, 2.05) is 55.5 Å². The predicted octanol–water partition coefficient (Wildman–Crippen LogP) is 5.03. The molecule has 2 aromatic rings. The minimum Gasteiger partial charge on any atom is -0.511 e. The van der Waals surface area contributed by atoms with E-state index < -0.39 is 0 Å². The van der Waals surface area contributed by atoms with Crippen LogP contribution in [0.4, 0.5) is 0 Å². The minimum absolute atomic E-state index is 0.0178. The molecule has 0 spiro atoms. The molecule has 1 aliphatic rings. The number of carbonyl (C=O) groups excluding carboxylic acids is 2. The highest BCUT2D eigenvalue weighted by molar-refractivity contribution is 6.21. The molecule has 0 amide bonds. The first kappa shape index (κ1) is 17.9. The number of benzene rings is 2. The number of hydrogen-bond donors (Lipinski definition) is 1. The third kappa shape index (κ3) is 3.85. The van der Waals surface area contributed by atoms with E-state index in [-0.39, 0.29) is 41.7 Å². The van der Waals surface area contributed by atoms with E-state index in [9.17, 15) is 14.7 Å². The first-order valence-corrected chi connectivity index (χ1v) is 8.81. The number of aliphatic hydroxyl groups excluding tert-OH is 1. The van der Waals surface area contributed by atoms with Crippen molar-refractivity contribution in [3.8, 4) is 11.5 Å². The van der Waals surface area contributed by atoms with Gasteiger partial charge in [0.2, 0.25) is 0 Å². The maximum atomic E-state index is 12.3. The zero-order chi connectivity index (χ0) is 18.7. The molecule has 1 aliphatic carbocycles. The number of ether oxygens (including phenoxy) is 1. The van der Waals surface area contributed by atoms with Gasteiger partial charge in [0.1, 0.15) is 17.3 Å². The number of hydrogen-bond acceptors (Lipinski definition) is 4. The molecular weight excluding hydrogens is 328 g/mol. The lowest BCUT2D eigenvalue weighted by atomic mass is 9.81. The molecule has 2 aromatic carbocycles. The third-order valence-electron chi connectivity index (χ3n) is 4.63. The van der Waals surface area contributed by atoms with E-state index in [2.05, 4.69) is 0 Å². The fourth-order valence-corrected chi connectivity index (χ4v) is 3.20. The molecule has 1 unspecified atom stereocenters. The van der Waals surface area contributed by atoms with Gasteiger partial charge in [0, 0.05) is 19.3 Å². The maximum absolute atomic E-state index is 12.3. The molecule has 0 saturated heterocycles. The standard InChI is InChI=1S/C22H22O4/c1-3-19(23)22-20(24)12-16(13-21(22)25)15-5-4-6-18(11-15)26-17-9-7-14(2)8-10-17/h4-11,16,24H,3,12-13H2,1-2H3. The van der Waals surface area contributed by atoms with Crippen LogP contribution in [-0.2, 0) is 9.59 Å². The van der Waals surface area contributed by atoms with Gasteiger partial charge in [-0.15, -0.1) is 0 Å². The Kier molecular flexibility index (Phi) is 5.21. The van der Waals surface area contributed by atoms with Crippen LogP contribution in [0.25, 0.3) is 0 Å². The summed E-state index contributed by atoms with van der Waals surface area (Å²) in [5.41, 5.74) is 2.06. The maximum Gasteiger partial charge on any atom is 0.170 e. The van der Waals surface area contributed by atoms with Gasteiger partial charge < -0.3 is 9.84 Å². The second kappa shape index (κ2) is 7.56. The molecule has 134 valence electrons. The SMILES string of the molecule is CCC(=O)C1=C(O)CC(c2cccc(Oc3ccc(C)cc3)c2)CC1=O. The van der Waals surface area contributed by atoms with Crippen LogP contribution >= 0.6 is 0 Å². The highest BCUT2D eigenvalue weighted by Crippen LogP contribution is 2.36. The highest BCUT2D eigenvalue weighted by Gasteiger charge is 2.31. The Morgan fingerprint density at radius 3 is 2.50 bits per heavy atom. The van der Waals surface area contributed by atoms with Gasteiger partial charge in [0.05, 0.1) is 5.57 Å². The fourth-order valence-electron chi connectivity index (χ4n) is 3.20. The molecule has 0 heterocycles. The van der Waals surface area contributed by atoms with Gasteiger partial charge in [-0.25, -0.2) is 0 Å². The number of ketones is 2. The summed E-state index contributed by atoms with van der Waals surface area (Å²) in [7, 11) is 0. The largest absolute Gasteiger partial charge is 0.511 e. The Morgan fingerprint density at radius 2 is 1.85 bits per heavy atom. The number of aliphatic hydroxyl groups is 1. The van der Waals surface area contributed by atoms with Crippen molar-refractivity contribution in [3.63, 3.8) is 0 Å². The van der Waals surface area contributed by atoms with Crippen molar-refractivity contribution < 1.29 is 19.4 Å². The van der Waals surface area contributed by atoms with E-state index in [0.29, 0.717) is 12.2 Å². The molecule has 1 N–H and O–H groups in total. The minimum atomic E-state index is -0.289. The van der Waals surface area contributed by atoms with Crippen LogP contribution in [0.3, 0.4) is 0 Å². The van der Waals surface area contributed by atoms with Gasteiger partial charge in [-0.3, -0.25) is 9.59 Å². The molecule has 0 fully saturated rings. The monoisotopic (exact) mass is 350 g/mol. The van der Waals surface area contributed by atoms with Gasteiger partial charge in [0.25, 0.3) is 0 Å². The lowest BCUT2D eigenvalue weighted by molar-refractivity contribution is -0.122. The van der Waals surface area contributed by atoms with E-state index in [4.69, 9.17) is 4.74 Å². The summed E-state index contributed by atoms with van der Waals surface area (Å²) < 4.78 is 5.88. The van der Waals surface area contributed by atoms with Gasteiger partial charge in [-0.1, -0.05) is 36.8 Å². The molecule has 0 saturated carbocycles. The predicted molar refractivity (Wildman–Crippen MR) is 99.6 cm³/mol. The molecule has 0 bridgehead atoms. The summed E-state index contributed by atoms with van der Waals surface area (Å²) in [6, 6.07) is 15.3. The number of carbonyl (C=O) groups is 2. The molecule has 0 aliphatic heterocycles. The smallest absolute Gasteiger partial charge is 0.170 e. The summed E-state index contributed by atoms with van der Waals surface area (Å²) in [5.74, 6) is 0.599. The normalized spacial score (nSPS) is 17.3. The van der Waals surface area contributed by atoms with Gasteiger partial charge in [-0.05, 0) is 42.7 Å². The quantitative estimate of drug-likeness (QED) is 0.769. The Hall–Kier alpha value is -2.88. The van der Waals surface area contributed by atoms with Crippen LogP contribution in [0.2, 0.25) is 0 Å². The molecule has 1 atom stereocenters. The van der Waals surface area contributed by atoms with Crippen LogP contribution in [0, 0.1) is 6.92 Å². The zero-order valence-electron chi connectivity index (χ0n) is 15.0. The Balaban J connectivity index is 1.80. The van der Waals surface area contributed by atoms with Crippen LogP contribution in [0.5, 0.6) is 11.5 Å². The highest BCUT2D eigenvalue weighted by atomic mass is 16.5. The first-order valence-electron chi connectivity index (χ1n) is 8.81. The number of allylic oxidation sites excluding steroid dienone is 2. The van der Waals surface area contributed by atoms with Crippen molar-refractivity contribution in [3.05, 3.63) is 71.0 Å². The lowest BCUT2D eigenvalue weighted by Gasteiger charge is -2.23. The molecule has 0 aromatic heterocycles. The van der Waals surface area contributed by atoms with Crippen LogP contribution in [0.15, 0.2) is 59.9 Å². The summed E-state index contributed by atoms with van der Waals surface area (Å²) in [6.45, 7) is 3.70. The average Bonchev–Trinajstić information content (AvgIpc) is 2.63. The van der Waals surface area contributed by atoms with Crippen molar-refractivity contribution in [2.75, 3.05) is 0 Å². The molecule has 0 radical (unpaired) electrons. The lowest BCUT2D eigenvalue weighted by Crippen LogP contribution is -2.23. The van der Waals surface area contributed by atoms with Crippen molar-refractivity contribution in [1.29, 1.82) is 0 Å². The van der Waals surface area contributed by atoms with Crippen LogP contribution in [0.1, 0.15) is 43.2 Å². The molecule has 4 nitrogen and oxygen atoms in total. The topological polar surface area (TPSA) is 63.6 Å². The molecular formula is C22H22O4. The fraction of sp³-hybridized carbons (Fsp3) is 0.273. The van der Waals surface area contributed by atoms with Gasteiger partial charge >= 0.3 is 0 Å². The van der Waals surface area contributed by atoms with Crippen molar-refractivity contribution >= 4 is 11.6 Å². The summed E-state index contributed by atoms with van der Waals surface area (Å²) in [4.78, 5) is 24.2. The first-order chi connectivity index (χ1) is 12.5. The van der Waals surface area contributed by atoms with Crippen LogP contribution in [-0.4, -0.2) is 16.7 Å². The number of Topliss-reactive ketones (excluding diaryl/α,β-unsaturated/α-hetero) is 2. The Bertz CT molecular complexity index is 862. The third-order valence-corrected chi connectivity index (χ3v) is 4.63. The van der Waals surface area contributed by atoms with E-state index in [1.54, 1.807) is 6.92 Å².